The average molecular weight is 340 g/mol. The van der Waals surface area contributed by atoms with Crippen LogP contribution in [0, 0.1) is 5.82 Å². The summed E-state index contributed by atoms with van der Waals surface area (Å²) in [5.74, 6) is -0.328. The maximum absolute atomic E-state index is 13.2. The lowest BCUT2D eigenvalue weighted by molar-refractivity contribution is 0.0548. The van der Waals surface area contributed by atoms with Crippen LogP contribution in [-0.4, -0.2) is 33.8 Å². The van der Waals surface area contributed by atoms with Gasteiger partial charge in [0.15, 0.2) is 0 Å². The molecule has 0 amide bonds. The van der Waals surface area contributed by atoms with Crippen molar-refractivity contribution in [1.82, 2.24) is 9.55 Å². The fourth-order valence-corrected chi connectivity index (χ4v) is 2.67. The fourth-order valence-electron chi connectivity index (χ4n) is 2.67. The number of rotatable bonds is 2. The molecule has 0 aliphatic heterocycles. The first-order valence-electron chi connectivity index (χ1n) is 7.88. The second-order valence-electron chi connectivity index (χ2n) is 6.74. The highest BCUT2D eigenvalue weighted by molar-refractivity contribution is 6.46. The summed E-state index contributed by atoms with van der Waals surface area (Å²) in [6.07, 6.45) is 2.62. The molecule has 0 bridgehead atoms. The monoisotopic (exact) mass is 340 g/mol. The molecule has 0 radical (unpaired) electrons. The van der Waals surface area contributed by atoms with Crippen molar-refractivity contribution in [2.45, 2.75) is 26.4 Å². The van der Waals surface area contributed by atoms with Crippen LogP contribution in [0.2, 0.25) is 0 Å². The van der Waals surface area contributed by atoms with E-state index in [-0.39, 0.29) is 13.3 Å². The van der Waals surface area contributed by atoms with E-state index in [0.29, 0.717) is 11.1 Å². The van der Waals surface area contributed by atoms with E-state index in [1.165, 1.54) is 16.7 Å². The average Bonchev–Trinajstić information content (AvgIpc) is 2.92. The van der Waals surface area contributed by atoms with Gasteiger partial charge < -0.3 is 9.76 Å². The summed E-state index contributed by atoms with van der Waals surface area (Å²) in [4.78, 5) is 16.8. The fraction of sp³-hybridized carbons (Fsp3) is 0.222. The molecule has 3 aromatic rings. The van der Waals surface area contributed by atoms with Crippen molar-refractivity contribution in [3.05, 3.63) is 48.5 Å². The van der Waals surface area contributed by atoms with Crippen molar-refractivity contribution in [2.24, 2.45) is 0 Å². The lowest BCUT2D eigenvalue weighted by atomic mass is 9.95. The number of ether oxygens (including phenoxy) is 1. The highest BCUT2D eigenvalue weighted by atomic mass is 19.1. The Morgan fingerprint density at radius 1 is 1.24 bits per heavy atom. The molecule has 2 heterocycles. The standard InChI is InChI=1S/C18H18BFN2O3/c1-18(2,3)25-17(23)22-15-10-21-9-14(13(15)8-16(22)19-24)11-4-6-12(20)7-5-11/h4-10,19,24H,1-3H3. The van der Waals surface area contributed by atoms with E-state index < -0.39 is 11.7 Å². The van der Waals surface area contributed by atoms with Crippen LogP contribution in [0.4, 0.5) is 9.18 Å². The number of aromatic nitrogens is 2. The molecule has 1 aromatic carbocycles. The number of carbonyl (C=O) groups is 1. The highest BCUT2D eigenvalue weighted by Gasteiger charge is 2.23. The van der Waals surface area contributed by atoms with Gasteiger partial charge >= 0.3 is 13.6 Å². The maximum Gasteiger partial charge on any atom is 0.418 e. The Morgan fingerprint density at radius 2 is 1.92 bits per heavy atom. The molecule has 0 aliphatic carbocycles. The summed E-state index contributed by atoms with van der Waals surface area (Å²) in [6.45, 7) is 5.33. The molecule has 1 N–H and O–H groups in total. The van der Waals surface area contributed by atoms with Crippen LogP contribution in [0.3, 0.4) is 0 Å². The van der Waals surface area contributed by atoms with E-state index in [4.69, 9.17) is 4.74 Å². The summed E-state index contributed by atoms with van der Waals surface area (Å²) < 4.78 is 19.9. The van der Waals surface area contributed by atoms with Crippen LogP contribution in [0.1, 0.15) is 20.8 Å². The normalized spacial score (nSPS) is 11.6. The molecular weight excluding hydrogens is 322 g/mol. The molecular formula is C18H18BFN2O3. The smallest absolute Gasteiger partial charge is 0.418 e. The number of fused-ring (bicyclic) bond motifs is 1. The van der Waals surface area contributed by atoms with E-state index >= 15 is 0 Å². The third-order valence-electron chi connectivity index (χ3n) is 3.70. The number of benzene rings is 1. The molecule has 0 saturated heterocycles. The SMILES string of the molecule is CC(C)(C)OC(=O)n1c(BO)cc2c(-c3ccc(F)cc3)cncc21. The van der Waals surface area contributed by atoms with Crippen molar-refractivity contribution < 1.29 is 18.9 Å². The minimum atomic E-state index is -0.664. The lowest BCUT2D eigenvalue weighted by Crippen LogP contribution is -2.34. The minimum absolute atomic E-state index is 0.323. The molecule has 2 aromatic heterocycles. The number of carbonyl (C=O) groups excluding carboxylic acids is 1. The summed E-state index contributed by atoms with van der Waals surface area (Å²) in [6, 6.07) is 7.75. The molecule has 5 nitrogen and oxygen atoms in total. The van der Waals surface area contributed by atoms with Crippen LogP contribution < -0.4 is 5.59 Å². The Hall–Kier alpha value is -2.67. The Labute approximate surface area is 145 Å². The Bertz CT molecular complexity index is 930. The lowest BCUT2D eigenvalue weighted by Gasteiger charge is -2.20. The highest BCUT2D eigenvalue weighted by Crippen LogP contribution is 2.28. The molecule has 0 unspecified atom stereocenters. The predicted octanol–water partition coefficient (Wildman–Crippen LogP) is 2.59. The third kappa shape index (κ3) is 3.41. The van der Waals surface area contributed by atoms with Gasteiger partial charge in [0, 0.05) is 22.7 Å². The van der Waals surface area contributed by atoms with Gasteiger partial charge in [0.1, 0.15) is 11.4 Å². The van der Waals surface area contributed by atoms with E-state index in [9.17, 15) is 14.2 Å². The quantitative estimate of drug-likeness (QED) is 0.729. The Morgan fingerprint density at radius 3 is 2.52 bits per heavy atom. The first kappa shape index (κ1) is 17.2. The molecule has 0 saturated carbocycles. The van der Waals surface area contributed by atoms with Gasteiger partial charge in [-0.3, -0.25) is 9.55 Å². The Kier molecular flexibility index (Phi) is 4.35. The second kappa shape index (κ2) is 6.33. The summed E-state index contributed by atoms with van der Waals surface area (Å²) in [5.41, 5.74) is 1.78. The largest absolute Gasteiger partial charge is 0.448 e. The topological polar surface area (TPSA) is 64.3 Å². The molecule has 0 aliphatic rings. The zero-order chi connectivity index (χ0) is 18.2. The van der Waals surface area contributed by atoms with Gasteiger partial charge in [0.05, 0.1) is 11.7 Å². The van der Waals surface area contributed by atoms with Crippen molar-refractivity contribution in [1.29, 1.82) is 0 Å². The summed E-state index contributed by atoms with van der Waals surface area (Å²) >= 11 is 0. The van der Waals surface area contributed by atoms with Gasteiger partial charge in [-0.05, 0) is 44.5 Å². The van der Waals surface area contributed by atoms with Gasteiger partial charge in [-0.25, -0.2) is 9.18 Å². The van der Waals surface area contributed by atoms with E-state index in [1.54, 1.807) is 51.4 Å². The van der Waals surface area contributed by atoms with Gasteiger partial charge in [0.2, 0.25) is 0 Å². The maximum atomic E-state index is 13.2. The minimum Gasteiger partial charge on any atom is -0.448 e. The van der Waals surface area contributed by atoms with Crippen LogP contribution in [0.25, 0.3) is 22.0 Å². The number of hydrogen-bond acceptors (Lipinski definition) is 4. The van der Waals surface area contributed by atoms with Crippen LogP contribution in [0.5, 0.6) is 0 Å². The zero-order valence-electron chi connectivity index (χ0n) is 14.3. The summed E-state index contributed by atoms with van der Waals surface area (Å²) in [5, 5.41) is 10.4. The number of hydrogen-bond donors (Lipinski definition) is 1. The van der Waals surface area contributed by atoms with Gasteiger partial charge in [0.25, 0.3) is 0 Å². The van der Waals surface area contributed by atoms with E-state index in [1.807, 2.05) is 0 Å². The number of nitrogens with zero attached hydrogens (tertiary/aromatic N) is 2. The van der Waals surface area contributed by atoms with Gasteiger partial charge in [-0.2, -0.15) is 0 Å². The Balaban J connectivity index is 2.18. The summed E-state index contributed by atoms with van der Waals surface area (Å²) in [7, 11) is -0.323. The predicted molar refractivity (Wildman–Crippen MR) is 95.8 cm³/mol. The second-order valence-corrected chi connectivity index (χ2v) is 6.74. The van der Waals surface area contributed by atoms with Crippen molar-refractivity contribution in [3.8, 4) is 11.1 Å². The molecule has 128 valence electrons. The van der Waals surface area contributed by atoms with Crippen LogP contribution in [0.15, 0.2) is 42.7 Å². The first-order chi connectivity index (χ1) is 11.8. The molecule has 3 rings (SSSR count). The molecule has 25 heavy (non-hydrogen) atoms. The number of pyridine rings is 1. The first-order valence-corrected chi connectivity index (χ1v) is 7.88. The molecule has 0 fully saturated rings. The van der Waals surface area contributed by atoms with Crippen LogP contribution >= 0.6 is 0 Å². The van der Waals surface area contributed by atoms with Crippen molar-refractivity contribution in [3.63, 3.8) is 0 Å². The van der Waals surface area contributed by atoms with Crippen LogP contribution in [-0.2, 0) is 4.74 Å². The van der Waals surface area contributed by atoms with Gasteiger partial charge in [-0.1, -0.05) is 12.1 Å². The van der Waals surface area contributed by atoms with Crippen molar-refractivity contribution in [2.75, 3.05) is 0 Å². The van der Waals surface area contributed by atoms with E-state index in [0.717, 1.165) is 16.5 Å². The molecule has 0 spiro atoms. The zero-order valence-corrected chi connectivity index (χ0v) is 14.3. The van der Waals surface area contributed by atoms with Gasteiger partial charge in [-0.15, -0.1) is 0 Å². The molecule has 0 atom stereocenters. The van der Waals surface area contributed by atoms with E-state index in [2.05, 4.69) is 4.98 Å². The molecule has 7 heteroatoms. The number of halogens is 1. The third-order valence-corrected chi connectivity index (χ3v) is 3.70. The van der Waals surface area contributed by atoms with Crippen molar-refractivity contribution >= 4 is 30.1 Å².